The van der Waals surface area contributed by atoms with E-state index in [0.29, 0.717) is 42.7 Å². The summed E-state index contributed by atoms with van der Waals surface area (Å²) in [6, 6.07) is 7.86. The van der Waals surface area contributed by atoms with E-state index < -0.39 is 5.91 Å². The lowest BCUT2D eigenvalue weighted by molar-refractivity contribution is 0.100. The zero-order chi connectivity index (χ0) is 18.6. The van der Waals surface area contributed by atoms with Gasteiger partial charge in [0, 0.05) is 16.5 Å². The van der Waals surface area contributed by atoms with Crippen LogP contribution in [0.2, 0.25) is 10.0 Å². The van der Waals surface area contributed by atoms with E-state index in [0.717, 1.165) is 0 Å². The molecule has 4 aromatic rings. The van der Waals surface area contributed by atoms with Crippen molar-refractivity contribution in [1.29, 1.82) is 0 Å². The highest BCUT2D eigenvalue weighted by Crippen LogP contribution is 2.34. The highest BCUT2D eigenvalue weighted by atomic mass is 35.5. The molecule has 1 amide bonds. The molecule has 0 unspecified atom stereocenters. The highest BCUT2D eigenvalue weighted by Gasteiger charge is 2.15. The number of nitrogens with zero attached hydrogens (tertiary/aromatic N) is 2. The van der Waals surface area contributed by atoms with E-state index in [-0.39, 0.29) is 11.2 Å². The number of nitrogens with two attached hydrogens (primary N) is 2. The van der Waals surface area contributed by atoms with Crippen molar-refractivity contribution in [3.63, 3.8) is 0 Å². The molecule has 0 bridgehead atoms. The number of benzene rings is 2. The fraction of sp³-hybridized carbons (Fsp3) is 0. The second-order valence-electron chi connectivity index (χ2n) is 5.61. The molecule has 130 valence electrons. The summed E-state index contributed by atoms with van der Waals surface area (Å²) in [7, 11) is 0. The Balaban J connectivity index is 2.03. The normalized spacial score (nSPS) is 11.3. The minimum atomic E-state index is -0.577. The predicted octanol–water partition coefficient (Wildman–Crippen LogP) is 3.56. The number of primary amides is 1. The number of carbonyl (C=O) groups is 1. The summed E-state index contributed by atoms with van der Waals surface area (Å²) in [6.07, 6.45) is 0. The van der Waals surface area contributed by atoms with E-state index in [9.17, 15) is 9.59 Å². The van der Waals surface area contributed by atoms with Crippen LogP contribution >= 0.6 is 34.5 Å². The monoisotopic (exact) mass is 404 g/mol. The Hall–Kier alpha value is -2.61. The smallest absolute Gasteiger partial charge is 0.266 e. The molecule has 4 N–H and O–H groups in total. The van der Waals surface area contributed by atoms with Crippen LogP contribution in [0.15, 0.2) is 40.5 Å². The van der Waals surface area contributed by atoms with E-state index >= 15 is 0 Å². The van der Waals surface area contributed by atoms with Crippen LogP contribution in [0.5, 0.6) is 0 Å². The van der Waals surface area contributed by atoms with Crippen LogP contribution in [0.25, 0.3) is 27.1 Å². The minimum Gasteiger partial charge on any atom is -0.396 e. The Morgan fingerprint density at radius 3 is 2.50 bits per heavy atom. The van der Waals surface area contributed by atoms with Crippen molar-refractivity contribution in [1.82, 2.24) is 9.38 Å². The van der Waals surface area contributed by atoms with Crippen molar-refractivity contribution in [3.05, 3.63) is 61.7 Å². The molecule has 9 heteroatoms. The van der Waals surface area contributed by atoms with Crippen LogP contribution in [-0.2, 0) is 0 Å². The average molecular weight is 405 g/mol. The van der Waals surface area contributed by atoms with Gasteiger partial charge in [-0.3, -0.25) is 14.0 Å². The zero-order valence-electron chi connectivity index (χ0n) is 13.0. The molecule has 4 rings (SSSR count). The maximum atomic E-state index is 13.0. The molecule has 2 aromatic heterocycles. The number of rotatable bonds is 2. The molecule has 26 heavy (non-hydrogen) atoms. The van der Waals surface area contributed by atoms with Gasteiger partial charge in [0.25, 0.3) is 5.56 Å². The van der Waals surface area contributed by atoms with Gasteiger partial charge in [0.1, 0.15) is 0 Å². The maximum absolute atomic E-state index is 13.0. The summed E-state index contributed by atoms with van der Waals surface area (Å²) in [6.45, 7) is 0. The van der Waals surface area contributed by atoms with Crippen molar-refractivity contribution >= 4 is 62.0 Å². The van der Waals surface area contributed by atoms with Gasteiger partial charge in [-0.25, -0.2) is 4.98 Å². The highest BCUT2D eigenvalue weighted by molar-refractivity contribution is 7.15. The van der Waals surface area contributed by atoms with Crippen LogP contribution in [0.1, 0.15) is 10.4 Å². The first-order valence-corrected chi connectivity index (χ1v) is 8.99. The lowest BCUT2D eigenvalue weighted by Crippen LogP contribution is -2.16. The SMILES string of the molecule is NC(=O)c1ccc2c(=O)n3c(-c4cc(Cl)c(N)c(Cl)c4)csc3nc2c1. The quantitative estimate of drug-likeness (QED) is 0.498. The van der Waals surface area contributed by atoms with Gasteiger partial charge in [0.2, 0.25) is 5.91 Å². The van der Waals surface area contributed by atoms with Crippen LogP contribution in [0, 0.1) is 0 Å². The van der Waals surface area contributed by atoms with Gasteiger partial charge in [-0.2, -0.15) is 0 Å². The zero-order valence-corrected chi connectivity index (χ0v) is 15.3. The number of amides is 1. The first-order chi connectivity index (χ1) is 12.4. The number of carbonyl (C=O) groups excluding carboxylic acids is 1. The van der Waals surface area contributed by atoms with Crippen LogP contribution in [0.3, 0.4) is 0 Å². The molecule has 0 aliphatic carbocycles. The number of thiazole rings is 1. The van der Waals surface area contributed by atoms with E-state index in [4.69, 9.17) is 34.7 Å². The Morgan fingerprint density at radius 2 is 1.85 bits per heavy atom. The minimum absolute atomic E-state index is 0.263. The van der Waals surface area contributed by atoms with E-state index in [1.165, 1.54) is 27.9 Å². The lowest BCUT2D eigenvalue weighted by Gasteiger charge is -2.07. The molecular weight excluding hydrogens is 395 g/mol. The van der Waals surface area contributed by atoms with Crippen molar-refractivity contribution in [3.8, 4) is 11.3 Å². The summed E-state index contributed by atoms with van der Waals surface area (Å²) in [4.78, 5) is 29.3. The van der Waals surface area contributed by atoms with E-state index in [1.54, 1.807) is 23.6 Å². The van der Waals surface area contributed by atoms with Gasteiger partial charge in [-0.05, 0) is 30.3 Å². The molecular formula is C17H10Cl2N4O2S. The Labute approximate surface area is 160 Å². The van der Waals surface area contributed by atoms with Gasteiger partial charge in [0.05, 0.1) is 32.3 Å². The van der Waals surface area contributed by atoms with Crippen molar-refractivity contribution < 1.29 is 4.79 Å². The van der Waals surface area contributed by atoms with E-state index in [1.807, 2.05) is 0 Å². The molecule has 0 saturated carbocycles. The second-order valence-corrected chi connectivity index (χ2v) is 7.26. The third-order valence-electron chi connectivity index (χ3n) is 4.01. The number of hydrogen-bond acceptors (Lipinski definition) is 5. The molecule has 0 aliphatic rings. The first kappa shape index (κ1) is 16.8. The molecule has 2 aromatic carbocycles. The Morgan fingerprint density at radius 1 is 1.15 bits per heavy atom. The number of anilines is 1. The fourth-order valence-electron chi connectivity index (χ4n) is 2.70. The van der Waals surface area contributed by atoms with Crippen molar-refractivity contribution in [2.75, 3.05) is 5.73 Å². The van der Waals surface area contributed by atoms with Crippen molar-refractivity contribution in [2.24, 2.45) is 5.73 Å². The summed E-state index contributed by atoms with van der Waals surface area (Å²) in [5.74, 6) is -0.577. The van der Waals surface area contributed by atoms with Crippen LogP contribution in [0.4, 0.5) is 5.69 Å². The summed E-state index contributed by atoms with van der Waals surface area (Å²) >= 11 is 13.5. The number of aromatic nitrogens is 2. The van der Waals surface area contributed by atoms with Gasteiger partial charge in [-0.15, -0.1) is 11.3 Å². The predicted molar refractivity (Wildman–Crippen MR) is 105 cm³/mol. The molecule has 0 atom stereocenters. The molecule has 0 radical (unpaired) electrons. The number of hydrogen-bond donors (Lipinski definition) is 2. The summed E-state index contributed by atoms with van der Waals surface area (Å²) < 4.78 is 1.48. The van der Waals surface area contributed by atoms with Gasteiger partial charge in [0.15, 0.2) is 4.96 Å². The molecule has 0 aliphatic heterocycles. The second kappa shape index (κ2) is 5.98. The van der Waals surface area contributed by atoms with Gasteiger partial charge < -0.3 is 11.5 Å². The number of fused-ring (bicyclic) bond motifs is 2. The number of nitrogen functional groups attached to an aromatic ring is 1. The third kappa shape index (κ3) is 2.52. The molecule has 0 saturated heterocycles. The Kier molecular flexibility index (Phi) is 3.87. The van der Waals surface area contributed by atoms with E-state index in [2.05, 4.69) is 4.98 Å². The van der Waals surface area contributed by atoms with Crippen LogP contribution in [-0.4, -0.2) is 15.3 Å². The average Bonchev–Trinajstić information content (AvgIpc) is 3.03. The van der Waals surface area contributed by atoms with Crippen LogP contribution < -0.4 is 17.0 Å². The summed E-state index contributed by atoms with van der Waals surface area (Å²) in [5, 5.41) is 2.77. The lowest BCUT2D eigenvalue weighted by atomic mass is 10.1. The summed E-state index contributed by atoms with van der Waals surface area (Å²) in [5.41, 5.74) is 13.1. The Bertz CT molecular complexity index is 1260. The molecule has 0 spiro atoms. The maximum Gasteiger partial charge on any atom is 0.266 e. The largest absolute Gasteiger partial charge is 0.396 e. The first-order valence-electron chi connectivity index (χ1n) is 7.35. The van der Waals surface area contributed by atoms with Gasteiger partial charge in [-0.1, -0.05) is 23.2 Å². The standard InChI is InChI=1S/C17H10Cl2N4O2S/c18-10-3-8(4-11(19)14(10)20)13-6-26-17-22-12-5-7(15(21)24)1-2-9(12)16(25)23(13)17/h1-6H,20H2,(H2,21,24). The van der Waals surface area contributed by atoms with Crippen molar-refractivity contribution in [2.45, 2.75) is 0 Å². The fourth-order valence-corrected chi connectivity index (χ4v) is 4.08. The van der Waals surface area contributed by atoms with Gasteiger partial charge >= 0.3 is 0 Å². The molecule has 0 fully saturated rings. The third-order valence-corrected chi connectivity index (χ3v) is 5.47. The molecule has 6 nitrogen and oxygen atoms in total. The topological polar surface area (TPSA) is 103 Å². The number of halogens is 2. The molecule has 2 heterocycles.